The van der Waals surface area contributed by atoms with Gasteiger partial charge in [-0.05, 0) is 36.8 Å². The van der Waals surface area contributed by atoms with Crippen LogP contribution < -0.4 is 5.32 Å². The molecule has 2 atom stereocenters. The van der Waals surface area contributed by atoms with E-state index in [0.717, 1.165) is 36.1 Å². The third-order valence-electron chi connectivity index (χ3n) is 3.00. The summed E-state index contributed by atoms with van der Waals surface area (Å²) in [5, 5.41) is 14.6. The summed E-state index contributed by atoms with van der Waals surface area (Å²) in [5.41, 5.74) is 1.11. The molecule has 88 valence electrons. The van der Waals surface area contributed by atoms with Crippen molar-refractivity contribution >= 4 is 17.2 Å². The number of hydrogen-bond donors (Lipinski definition) is 2. The van der Waals surface area contributed by atoms with Gasteiger partial charge in [0.25, 0.3) is 5.91 Å². The Bertz CT molecular complexity index is 375. The van der Waals surface area contributed by atoms with Crippen molar-refractivity contribution in [1.82, 2.24) is 5.32 Å². The highest BCUT2D eigenvalue weighted by atomic mass is 32.1. The molecule has 1 heterocycles. The summed E-state index contributed by atoms with van der Waals surface area (Å²) in [6.07, 6.45) is 3.46. The van der Waals surface area contributed by atoms with Crippen molar-refractivity contribution in [1.29, 1.82) is 0 Å². The molecule has 0 bridgehead atoms. The van der Waals surface area contributed by atoms with Gasteiger partial charge in [-0.25, -0.2) is 0 Å². The van der Waals surface area contributed by atoms with Crippen LogP contribution in [0, 0.1) is 6.92 Å². The number of aliphatic hydroxyl groups excluding tert-OH is 1. The third kappa shape index (κ3) is 2.62. The van der Waals surface area contributed by atoms with E-state index >= 15 is 0 Å². The summed E-state index contributed by atoms with van der Waals surface area (Å²) in [4.78, 5) is 12.6. The fourth-order valence-electron chi connectivity index (χ4n) is 2.07. The van der Waals surface area contributed by atoms with Crippen LogP contribution in [0.25, 0.3) is 0 Å². The smallest absolute Gasteiger partial charge is 0.261 e. The van der Waals surface area contributed by atoms with Gasteiger partial charge in [0.1, 0.15) is 0 Å². The highest BCUT2D eigenvalue weighted by Gasteiger charge is 2.25. The van der Waals surface area contributed by atoms with Crippen LogP contribution in [-0.4, -0.2) is 23.2 Å². The van der Waals surface area contributed by atoms with E-state index in [0.29, 0.717) is 0 Å². The molecule has 16 heavy (non-hydrogen) atoms. The summed E-state index contributed by atoms with van der Waals surface area (Å²) in [7, 11) is 0. The number of aryl methyl sites for hydroxylation is 1. The van der Waals surface area contributed by atoms with Crippen molar-refractivity contribution in [3.8, 4) is 0 Å². The second kappa shape index (κ2) is 4.97. The van der Waals surface area contributed by atoms with Crippen LogP contribution in [0.1, 0.15) is 40.9 Å². The van der Waals surface area contributed by atoms with Gasteiger partial charge >= 0.3 is 0 Å². The zero-order valence-corrected chi connectivity index (χ0v) is 10.2. The Labute approximate surface area is 99.5 Å². The first-order valence-electron chi connectivity index (χ1n) is 5.71. The predicted molar refractivity (Wildman–Crippen MR) is 64.8 cm³/mol. The molecule has 2 N–H and O–H groups in total. The van der Waals surface area contributed by atoms with E-state index in [4.69, 9.17) is 0 Å². The molecule has 0 saturated heterocycles. The van der Waals surface area contributed by atoms with E-state index in [1.165, 1.54) is 11.3 Å². The van der Waals surface area contributed by atoms with Gasteiger partial charge in [-0.1, -0.05) is 12.8 Å². The van der Waals surface area contributed by atoms with E-state index < -0.39 is 0 Å². The minimum atomic E-state index is -0.376. The zero-order chi connectivity index (χ0) is 11.5. The third-order valence-corrected chi connectivity index (χ3v) is 4.05. The number of hydrogen-bond acceptors (Lipinski definition) is 3. The lowest BCUT2D eigenvalue weighted by Gasteiger charge is -2.28. The predicted octanol–water partition coefficient (Wildman–Crippen LogP) is 2.09. The lowest BCUT2D eigenvalue weighted by molar-refractivity contribution is 0.0720. The molecule has 1 saturated carbocycles. The Balaban J connectivity index is 1.96. The van der Waals surface area contributed by atoms with E-state index in [1.807, 2.05) is 18.4 Å². The number of thiophene rings is 1. The van der Waals surface area contributed by atoms with Crippen LogP contribution >= 0.6 is 11.3 Å². The van der Waals surface area contributed by atoms with Crippen molar-refractivity contribution in [3.05, 3.63) is 21.9 Å². The van der Waals surface area contributed by atoms with E-state index in [1.54, 1.807) is 0 Å². The molecule has 1 aliphatic carbocycles. The van der Waals surface area contributed by atoms with Gasteiger partial charge in [0.05, 0.1) is 17.0 Å². The fourth-order valence-corrected chi connectivity index (χ4v) is 2.87. The summed E-state index contributed by atoms with van der Waals surface area (Å²) < 4.78 is 0. The van der Waals surface area contributed by atoms with Gasteiger partial charge in [0, 0.05) is 0 Å². The number of carbonyl (C=O) groups excluding carboxylic acids is 1. The molecular formula is C12H17NO2S. The lowest BCUT2D eigenvalue weighted by atomic mass is 9.92. The molecule has 1 aliphatic rings. The van der Waals surface area contributed by atoms with Gasteiger partial charge in [-0.15, -0.1) is 11.3 Å². The molecule has 1 aromatic heterocycles. The van der Waals surface area contributed by atoms with Gasteiger partial charge in [-0.3, -0.25) is 4.79 Å². The molecule has 0 unspecified atom stereocenters. The molecule has 0 aliphatic heterocycles. The molecule has 0 radical (unpaired) electrons. The summed E-state index contributed by atoms with van der Waals surface area (Å²) in [6, 6.07) is 1.82. The zero-order valence-electron chi connectivity index (χ0n) is 9.40. The van der Waals surface area contributed by atoms with E-state index in [-0.39, 0.29) is 18.1 Å². The Morgan fingerprint density at radius 3 is 2.88 bits per heavy atom. The van der Waals surface area contributed by atoms with Crippen molar-refractivity contribution in [2.24, 2.45) is 0 Å². The molecule has 4 heteroatoms. The number of amides is 1. The van der Waals surface area contributed by atoms with Gasteiger partial charge in [-0.2, -0.15) is 0 Å². The molecule has 1 amide bonds. The second-order valence-electron chi connectivity index (χ2n) is 4.42. The van der Waals surface area contributed by atoms with Gasteiger partial charge in [0.2, 0.25) is 0 Å². The maximum Gasteiger partial charge on any atom is 0.261 e. The van der Waals surface area contributed by atoms with Crippen LogP contribution in [0.2, 0.25) is 0 Å². The quantitative estimate of drug-likeness (QED) is 0.830. The highest BCUT2D eigenvalue weighted by Crippen LogP contribution is 2.20. The SMILES string of the molecule is Cc1csc(C(=O)N[C@@H]2CCCC[C@H]2O)c1. The average molecular weight is 239 g/mol. The maximum absolute atomic E-state index is 11.9. The summed E-state index contributed by atoms with van der Waals surface area (Å²) in [5.74, 6) is -0.0518. The number of carbonyl (C=O) groups is 1. The van der Waals surface area contributed by atoms with Crippen molar-refractivity contribution in [2.45, 2.75) is 44.8 Å². The van der Waals surface area contributed by atoms with E-state index in [2.05, 4.69) is 5.32 Å². The van der Waals surface area contributed by atoms with E-state index in [9.17, 15) is 9.90 Å². The average Bonchev–Trinajstić information content (AvgIpc) is 2.68. The molecule has 0 spiro atoms. The number of aliphatic hydroxyl groups is 1. The lowest BCUT2D eigenvalue weighted by Crippen LogP contribution is -2.44. The standard InChI is InChI=1S/C12H17NO2S/c1-8-6-11(16-7-8)12(15)13-9-4-2-3-5-10(9)14/h6-7,9-10,14H,2-5H2,1H3,(H,13,15)/t9-,10-/m1/s1. The summed E-state index contributed by atoms with van der Waals surface area (Å²) in [6.45, 7) is 1.97. The monoisotopic (exact) mass is 239 g/mol. The molecule has 1 aromatic rings. The molecule has 2 rings (SSSR count). The van der Waals surface area contributed by atoms with Crippen molar-refractivity contribution in [2.75, 3.05) is 0 Å². The van der Waals surface area contributed by atoms with Crippen molar-refractivity contribution in [3.63, 3.8) is 0 Å². The van der Waals surface area contributed by atoms with Gasteiger partial charge < -0.3 is 10.4 Å². The number of nitrogens with one attached hydrogen (secondary N) is 1. The van der Waals surface area contributed by atoms with Gasteiger partial charge in [0.15, 0.2) is 0 Å². The fraction of sp³-hybridized carbons (Fsp3) is 0.583. The first-order valence-corrected chi connectivity index (χ1v) is 6.59. The molecule has 3 nitrogen and oxygen atoms in total. The largest absolute Gasteiger partial charge is 0.391 e. The van der Waals surface area contributed by atoms with Crippen LogP contribution in [0.15, 0.2) is 11.4 Å². The highest BCUT2D eigenvalue weighted by molar-refractivity contribution is 7.12. The van der Waals surface area contributed by atoms with Crippen LogP contribution in [0.3, 0.4) is 0 Å². The van der Waals surface area contributed by atoms with Crippen LogP contribution in [0.4, 0.5) is 0 Å². The first kappa shape index (κ1) is 11.6. The second-order valence-corrected chi connectivity index (χ2v) is 5.33. The van der Waals surface area contributed by atoms with Crippen LogP contribution in [0.5, 0.6) is 0 Å². The van der Waals surface area contributed by atoms with Crippen LogP contribution in [-0.2, 0) is 0 Å². The minimum Gasteiger partial charge on any atom is -0.391 e. The Morgan fingerprint density at radius 1 is 1.50 bits per heavy atom. The molecule has 0 aromatic carbocycles. The molecule has 1 fully saturated rings. The minimum absolute atomic E-state index is 0.0518. The normalized spacial score (nSPS) is 25.4. The first-order chi connectivity index (χ1) is 7.66. The Morgan fingerprint density at radius 2 is 2.25 bits per heavy atom. The summed E-state index contributed by atoms with van der Waals surface area (Å²) >= 11 is 1.45. The van der Waals surface area contributed by atoms with Crippen molar-refractivity contribution < 1.29 is 9.90 Å². The maximum atomic E-state index is 11.9. The molecular weight excluding hydrogens is 222 g/mol. The topological polar surface area (TPSA) is 49.3 Å². The number of rotatable bonds is 2. The Kier molecular flexibility index (Phi) is 3.61. The Hall–Kier alpha value is -0.870.